The zero-order valence-corrected chi connectivity index (χ0v) is 12.8. The minimum absolute atomic E-state index is 0.155. The van der Waals surface area contributed by atoms with Crippen LogP contribution in [0.1, 0.15) is 11.1 Å². The van der Waals surface area contributed by atoms with E-state index in [9.17, 15) is 10.1 Å². The van der Waals surface area contributed by atoms with E-state index in [1.165, 1.54) is 0 Å². The highest BCUT2D eigenvalue weighted by molar-refractivity contribution is 5.83. The molecule has 5 heteroatoms. The van der Waals surface area contributed by atoms with Gasteiger partial charge in [-0.2, -0.15) is 5.26 Å². The van der Waals surface area contributed by atoms with Crippen LogP contribution in [-0.2, 0) is 11.3 Å². The molecule has 3 rings (SSSR count). The van der Waals surface area contributed by atoms with Crippen molar-refractivity contribution in [2.24, 2.45) is 0 Å². The molecule has 0 aliphatic carbocycles. The summed E-state index contributed by atoms with van der Waals surface area (Å²) in [6.07, 6.45) is -0.566. The quantitative estimate of drug-likeness (QED) is 0.943. The molecule has 1 atom stereocenters. The van der Waals surface area contributed by atoms with Gasteiger partial charge in [-0.3, -0.25) is 4.79 Å². The SMILES string of the molecule is CNC(=O)[C@H]1CN(Cc2ccccc2C#N)c2ccccc2O1. The molecule has 0 bridgehead atoms. The molecule has 1 aliphatic heterocycles. The highest BCUT2D eigenvalue weighted by Gasteiger charge is 2.30. The lowest BCUT2D eigenvalue weighted by molar-refractivity contribution is -0.127. The van der Waals surface area contributed by atoms with Crippen LogP contribution in [0.2, 0.25) is 0 Å². The van der Waals surface area contributed by atoms with Crippen molar-refractivity contribution in [1.29, 1.82) is 5.26 Å². The third-order valence-electron chi connectivity index (χ3n) is 3.90. The first-order valence-electron chi connectivity index (χ1n) is 7.43. The maximum absolute atomic E-state index is 12.0. The molecule has 1 heterocycles. The fraction of sp³-hybridized carbons (Fsp3) is 0.222. The molecule has 0 saturated carbocycles. The second-order valence-electron chi connectivity index (χ2n) is 5.34. The van der Waals surface area contributed by atoms with Gasteiger partial charge in [0, 0.05) is 13.6 Å². The molecule has 0 unspecified atom stereocenters. The van der Waals surface area contributed by atoms with Gasteiger partial charge in [0.05, 0.1) is 23.9 Å². The molecule has 1 aliphatic rings. The van der Waals surface area contributed by atoms with Gasteiger partial charge in [0.15, 0.2) is 6.10 Å². The van der Waals surface area contributed by atoms with Gasteiger partial charge in [0.25, 0.3) is 5.91 Å². The molecule has 0 saturated heterocycles. The number of rotatable bonds is 3. The molecule has 0 aromatic heterocycles. The van der Waals surface area contributed by atoms with Crippen LogP contribution in [-0.4, -0.2) is 25.6 Å². The number of benzene rings is 2. The van der Waals surface area contributed by atoms with Gasteiger partial charge in [-0.1, -0.05) is 30.3 Å². The molecule has 2 aromatic carbocycles. The summed E-state index contributed by atoms with van der Waals surface area (Å²) >= 11 is 0. The topological polar surface area (TPSA) is 65.4 Å². The minimum atomic E-state index is -0.566. The monoisotopic (exact) mass is 307 g/mol. The minimum Gasteiger partial charge on any atom is -0.477 e. The highest BCUT2D eigenvalue weighted by Crippen LogP contribution is 2.34. The molecule has 1 N–H and O–H groups in total. The van der Waals surface area contributed by atoms with Crippen molar-refractivity contribution >= 4 is 11.6 Å². The van der Waals surface area contributed by atoms with Gasteiger partial charge in [0.2, 0.25) is 0 Å². The van der Waals surface area contributed by atoms with E-state index in [0.29, 0.717) is 24.4 Å². The number of anilines is 1. The summed E-state index contributed by atoms with van der Waals surface area (Å²) in [6.45, 7) is 0.994. The molecule has 1 amide bonds. The van der Waals surface area contributed by atoms with E-state index in [1.807, 2.05) is 42.5 Å². The second kappa shape index (κ2) is 6.41. The number of hydrogen-bond donors (Lipinski definition) is 1. The summed E-state index contributed by atoms with van der Waals surface area (Å²) in [5.41, 5.74) is 2.51. The number of amides is 1. The standard InChI is InChI=1S/C18H17N3O2/c1-20-18(22)17-12-21(15-8-4-5-9-16(15)23-17)11-14-7-3-2-6-13(14)10-19/h2-9,17H,11-12H2,1H3,(H,20,22)/t17-/m1/s1. The zero-order chi connectivity index (χ0) is 16.2. The van der Waals surface area contributed by atoms with Crippen molar-refractivity contribution in [2.75, 3.05) is 18.5 Å². The summed E-state index contributed by atoms with van der Waals surface area (Å²) in [5, 5.41) is 11.9. The number of carbonyl (C=O) groups excluding carboxylic acids is 1. The molecule has 0 radical (unpaired) electrons. The maximum Gasteiger partial charge on any atom is 0.262 e. The van der Waals surface area contributed by atoms with E-state index in [0.717, 1.165) is 11.3 Å². The molecular formula is C18H17N3O2. The number of carbonyl (C=O) groups is 1. The van der Waals surface area contributed by atoms with Gasteiger partial charge in [-0.05, 0) is 23.8 Å². The van der Waals surface area contributed by atoms with Crippen molar-refractivity contribution < 1.29 is 9.53 Å². The van der Waals surface area contributed by atoms with Crippen molar-refractivity contribution in [3.63, 3.8) is 0 Å². The number of nitrogens with one attached hydrogen (secondary N) is 1. The summed E-state index contributed by atoms with van der Waals surface area (Å²) in [7, 11) is 1.60. The average molecular weight is 307 g/mol. The molecule has 116 valence electrons. The first-order valence-corrected chi connectivity index (χ1v) is 7.43. The predicted molar refractivity (Wildman–Crippen MR) is 87.1 cm³/mol. The van der Waals surface area contributed by atoms with E-state index in [-0.39, 0.29) is 5.91 Å². The molecule has 0 fully saturated rings. The number of ether oxygens (including phenoxy) is 1. The Morgan fingerprint density at radius 3 is 2.83 bits per heavy atom. The Bertz CT molecular complexity index is 767. The molecule has 5 nitrogen and oxygen atoms in total. The van der Waals surface area contributed by atoms with Crippen molar-refractivity contribution in [2.45, 2.75) is 12.6 Å². The molecular weight excluding hydrogens is 290 g/mol. The Labute approximate surface area is 135 Å². The number of nitriles is 1. The largest absolute Gasteiger partial charge is 0.477 e. The number of hydrogen-bond acceptors (Lipinski definition) is 4. The Hall–Kier alpha value is -3.00. The van der Waals surface area contributed by atoms with Crippen molar-refractivity contribution in [1.82, 2.24) is 5.32 Å². The Balaban J connectivity index is 1.94. The second-order valence-corrected chi connectivity index (χ2v) is 5.34. The Morgan fingerprint density at radius 2 is 2.04 bits per heavy atom. The van der Waals surface area contributed by atoms with Crippen LogP contribution in [0.5, 0.6) is 5.75 Å². The van der Waals surface area contributed by atoms with Crippen molar-refractivity contribution in [3.8, 4) is 11.8 Å². The average Bonchev–Trinajstić information content (AvgIpc) is 2.61. The summed E-state index contributed by atoms with van der Waals surface area (Å²) in [5.74, 6) is 0.528. The van der Waals surface area contributed by atoms with Crippen LogP contribution in [0.4, 0.5) is 5.69 Å². The summed E-state index contributed by atoms with van der Waals surface area (Å²) < 4.78 is 5.79. The van der Waals surface area contributed by atoms with Crippen molar-refractivity contribution in [3.05, 3.63) is 59.7 Å². The smallest absolute Gasteiger partial charge is 0.262 e. The first-order chi connectivity index (χ1) is 11.2. The van der Waals surface area contributed by atoms with Crippen LogP contribution in [0.15, 0.2) is 48.5 Å². The van der Waals surface area contributed by atoms with Gasteiger partial charge < -0.3 is 15.0 Å². The third kappa shape index (κ3) is 2.97. The van der Waals surface area contributed by atoms with Crippen LogP contribution in [0.3, 0.4) is 0 Å². The lowest BCUT2D eigenvalue weighted by Crippen LogP contribution is -2.48. The number of fused-ring (bicyclic) bond motifs is 1. The van der Waals surface area contributed by atoms with Crippen LogP contribution < -0.4 is 15.0 Å². The number of likely N-dealkylation sites (N-methyl/N-ethyl adjacent to an activating group) is 1. The normalized spacial score (nSPS) is 16.0. The third-order valence-corrected chi connectivity index (χ3v) is 3.90. The van der Waals surface area contributed by atoms with Crippen LogP contribution >= 0.6 is 0 Å². The van der Waals surface area contributed by atoms with Gasteiger partial charge in [0.1, 0.15) is 5.75 Å². The van der Waals surface area contributed by atoms with E-state index in [2.05, 4.69) is 16.3 Å². The summed E-state index contributed by atoms with van der Waals surface area (Å²) in [4.78, 5) is 14.1. The molecule has 23 heavy (non-hydrogen) atoms. The molecule has 2 aromatic rings. The summed E-state index contributed by atoms with van der Waals surface area (Å²) in [6, 6.07) is 17.4. The Morgan fingerprint density at radius 1 is 1.30 bits per heavy atom. The van der Waals surface area contributed by atoms with Crippen LogP contribution in [0, 0.1) is 11.3 Å². The van der Waals surface area contributed by atoms with E-state index in [1.54, 1.807) is 13.1 Å². The lowest BCUT2D eigenvalue weighted by Gasteiger charge is -2.35. The van der Waals surface area contributed by atoms with E-state index in [4.69, 9.17) is 4.74 Å². The fourth-order valence-corrected chi connectivity index (χ4v) is 2.73. The highest BCUT2D eigenvalue weighted by atomic mass is 16.5. The first kappa shape index (κ1) is 14.9. The van der Waals surface area contributed by atoms with Crippen LogP contribution in [0.25, 0.3) is 0 Å². The van der Waals surface area contributed by atoms with Gasteiger partial charge in [-0.25, -0.2) is 0 Å². The lowest BCUT2D eigenvalue weighted by atomic mass is 10.1. The number of nitrogens with zero attached hydrogens (tertiary/aromatic N) is 2. The maximum atomic E-state index is 12.0. The Kier molecular flexibility index (Phi) is 4.15. The van der Waals surface area contributed by atoms with Gasteiger partial charge >= 0.3 is 0 Å². The van der Waals surface area contributed by atoms with E-state index >= 15 is 0 Å². The molecule has 0 spiro atoms. The fourth-order valence-electron chi connectivity index (χ4n) is 2.73. The zero-order valence-electron chi connectivity index (χ0n) is 12.8. The number of para-hydroxylation sites is 2. The van der Waals surface area contributed by atoms with Gasteiger partial charge in [-0.15, -0.1) is 0 Å². The predicted octanol–water partition coefficient (Wildman–Crippen LogP) is 2.07. The van der Waals surface area contributed by atoms with E-state index < -0.39 is 6.10 Å².